The largest absolute Gasteiger partial charge is 0.462 e. The number of carbonyl (C=O) groups is 1. The molecular weight excluding hydrogens is 384 g/mol. The lowest BCUT2D eigenvalue weighted by Gasteiger charge is -2.25. The van der Waals surface area contributed by atoms with Crippen molar-refractivity contribution in [3.05, 3.63) is 90.0 Å². The number of rotatable bonds is 7. The summed E-state index contributed by atoms with van der Waals surface area (Å²) >= 11 is 5.66. The Labute approximate surface area is 175 Å². The van der Waals surface area contributed by atoms with Crippen molar-refractivity contribution in [3.63, 3.8) is 0 Å². The summed E-state index contributed by atoms with van der Waals surface area (Å²) in [6, 6.07) is 18.6. The highest BCUT2D eigenvalue weighted by atomic mass is 32.1. The lowest BCUT2D eigenvalue weighted by molar-refractivity contribution is 0.0526. The van der Waals surface area contributed by atoms with Gasteiger partial charge in [-0.05, 0) is 61.6 Å². The summed E-state index contributed by atoms with van der Waals surface area (Å²) in [6.45, 7) is 3.17. The van der Waals surface area contributed by atoms with Crippen molar-refractivity contribution >= 4 is 29.0 Å². The van der Waals surface area contributed by atoms with Gasteiger partial charge in [-0.1, -0.05) is 18.2 Å². The molecule has 3 rings (SSSR count). The SMILES string of the molecule is CCOC(=O)c1cccc(NC(=S)N(Cc2ccccn2)Cc2ccccn2)c1. The van der Waals surface area contributed by atoms with Gasteiger partial charge in [0.25, 0.3) is 0 Å². The second kappa shape index (κ2) is 10.3. The van der Waals surface area contributed by atoms with Gasteiger partial charge in [-0.2, -0.15) is 0 Å². The molecule has 0 bridgehead atoms. The van der Waals surface area contributed by atoms with Gasteiger partial charge in [0.2, 0.25) is 0 Å². The van der Waals surface area contributed by atoms with E-state index >= 15 is 0 Å². The second-order valence-corrected chi connectivity index (χ2v) is 6.62. The van der Waals surface area contributed by atoms with Crippen LogP contribution in [-0.2, 0) is 17.8 Å². The minimum absolute atomic E-state index is 0.330. The number of esters is 1. The molecule has 0 amide bonds. The number of hydrogen-bond acceptors (Lipinski definition) is 5. The van der Waals surface area contributed by atoms with E-state index in [9.17, 15) is 4.79 Å². The predicted octanol–water partition coefficient (Wildman–Crippen LogP) is 4.05. The molecule has 0 aliphatic carbocycles. The molecule has 1 aromatic carbocycles. The topological polar surface area (TPSA) is 67.3 Å². The Kier molecular flexibility index (Phi) is 7.24. The number of nitrogens with zero attached hydrogens (tertiary/aromatic N) is 3. The molecule has 29 heavy (non-hydrogen) atoms. The van der Waals surface area contributed by atoms with Gasteiger partial charge in [0, 0.05) is 18.1 Å². The van der Waals surface area contributed by atoms with Crippen molar-refractivity contribution in [1.29, 1.82) is 0 Å². The lowest BCUT2D eigenvalue weighted by atomic mass is 10.2. The zero-order chi connectivity index (χ0) is 20.5. The monoisotopic (exact) mass is 406 g/mol. The van der Waals surface area contributed by atoms with Crippen molar-refractivity contribution in [1.82, 2.24) is 14.9 Å². The fraction of sp³-hybridized carbons (Fsp3) is 0.182. The Bertz CT molecular complexity index is 910. The van der Waals surface area contributed by atoms with E-state index in [1.807, 2.05) is 47.4 Å². The number of aromatic nitrogens is 2. The van der Waals surface area contributed by atoms with E-state index in [0.717, 1.165) is 11.4 Å². The molecule has 2 heterocycles. The van der Waals surface area contributed by atoms with E-state index in [2.05, 4.69) is 15.3 Å². The Balaban J connectivity index is 1.77. The van der Waals surface area contributed by atoms with E-state index in [-0.39, 0.29) is 5.97 Å². The molecule has 0 radical (unpaired) electrons. The summed E-state index contributed by atoms with van der Waals surface area (Å²) in [5.74, 6) is -0.360. The first-order valence-electron chi connectivity index (χ1n) is 9.28. The lowest BCUT2D eigenvalue weighted by Crippen LogP contribution is -2.34. The van der Waals surface area contributed by atoms with E-state index < -0.39 is 0 Å². The molecule has 0 unspecified atom stereocenters. The third kappa shape index (κ3) is 6.08. The van der Waals surface area contributed by atoms with E-state index in [1.54, 1.807) is 37.5 Å². The summed E-state index contributed by atoms with van der Waals surface area (Å²) in [5, 5.41) is 3.73. The normalized spacial score (nSPS) is 10.2. The Morgan fingerprint density at radius 1 is 1.00 bits per heavy atom. The van der Waals surface area contributed by atoms with Crippen LogP contribution in [0.2, 0.25) is 0 Å². The quantitative estimate of drug-likeness (QED) is 0.469. The number of ether oxygens (including phenoxy) is 1. The van der Waals surface area contributed by atoms with Gasteiger partial charge in [0.05, 0.1) is 36.6 Å². The first-order chi connectivity index (χ1) is 14.2. The standard InChI is InChI=1S/C22H22N4O2S/c1-2-28-21(27)17-8-7-11-18(14-17)25-22(29)26(15-19-9-3-5-12-23-19)16-20-10-4-6-13-24-20/h3-14H,2,15-16H2,1H3,(H,25,29). The van der Waals surface area contributed by atoms with Crippen LogP contribution in [0.1, 0.15) is 28.7 Å². The predicted molar refractivity (Wildman–Crippen MR) is 116 cm³/mol. The molecule has 0 saturated heterocycles. The number of carbonyl (C=O) groups excluding carboxylic acids is 1. The summed E-state index contributed by atoms with van der Waals surface area (Å²) in [7, 11) is 0. The van der Waals surface area contributed by atoms with Crippen molar-refractivity contribution in [2.75, 3.05) is 11.9 Å². The van der Waals surface area contributed by atoms with E-state index in [4.69, 9.17) is 17.0 Å². The average molecular weight is 407 g/mol. The van der Waals surface area contributed by atoms with Gasteiger partial charge in [0.15, 0.2) is 5.11 Å². The highest BCUT2D eigenvalue weighted by Gasteiger charge is 2.14. The van der Waals surface area contributed by atoms with Crippen molar-refractivity contribution < 1.29 is 9.53 Å². The third-order valence-corrected chi connectivity index (χ3v) is 4.43. The first kappa shape index (κ1) is 20.4. The zero-order valence-corrected chi connectivity index (χ0v) is 16.9. The van der Waals surface area contributed by atoms with Crippen LogP contribution in [0.3, 0.4) is 0 Å². The molecule has 0 atom stereocenters. The van der Waals surface area contributed by atoms with Gasteiger partial charge in [0.1, 0.15) is 0 Å². The highest BCUT2D eigenvalue weighted by Crippen LogP contribution is 2.15. The number of anilines is 1. The number of benzene rings is 1. The maximum atomic E-state index is 12.0. The zero-order valence-electron chi connectivity index (χ0n) is 16.1. The van der Waals surface area contributed by atoms with Crippen LogP contribution in [-0.4, -0.2) is 32.6 Å². The van der Waals surface area contributed by atoms with Crippen molar-refractivity contribution in [3.8, 4) is 0 Å². The maximum Gasteiger partial charge on any atom is 0.338 e. The number of nitrogens with one attached hydrogen (secondary N) is 1. The number of pyridine rings is 2. The molecule has 0 fully saturated rings. The van der Waals surface area contributed by atoms with Gasteiger partial charge in [-0.15, -0.1) is 0 Å². The fourth-order valence-electron chi connectivity index (χ4n) is 2.71. The molecule has 6 nitrogen and oxygen atoms in total. The van der Waals surface area contributed by atoms with Crippen molar-refractivity contribution in [2.24, 2.45) is 0 Å². The molecule has 2 aromatic heterocycles. The van der Waals surface area contributed by atoms with Crippen LogP contribution in [0.15, 0.2) is 73.1 Å². The number of thiocarbonyl (C=S) groups is 1. The molecule has 0 spiro atoms. The van der Waals surface area contributed by atoms with Crippen molar-refractivity contribution in [2.45, 2.75) is 20.0 Å². The van der Waals surface area contributed by atoms with Crippen LogP contribution >= 0.6 is 12.2 Å². The summed E-state index contributed by atoms with van der Waals surface area (Å²) in [6.07, 6.45) is 3.52. The molecule has 0 saturated carbocycles. The molecular formula is C22H22N4O2S. The molecule has 0 aliphatic rings. The number of hydrogen-bond donors (Lipinski definition) is 1. The maximum absolute atomic E-state index is 12.0. The summed E-state index contributed by atoms with van der Waals surface area (Å²) < 4.78 is 5.07. The third-order valence-electron chi connectivity index (χ3n) is 4.07. The molecule has 0 aliphatic heterocycles. The smallest absolute Gasteiger partial charge is 0.338 e. The molecule has 148 valence electrons. The Morgan fingerprint density at radius 3 is 2.21 bits per heavy atom. The second-order valence-electron chi connectivity index (χ2n) is 6.23. The van der Waals surface area contributed by atoms with E-state index in [1.165, 1.54) is 0 Å². The van der Waals surface area contributed by atoms with Crippen LogP contribution in [0, 0.1) is 0 Å². The minimum Gasteiger partial charge on any atom is -0.462 e. The molecule has 1 N–H and O–H groups in total. The minimum atomic E-state index is -0.360. The first-order valence-corrected chi connectivity index (χ1v) is 9.69. The fourth-order valence-corrected chi connectivity index (χ4v) is 2.96. The summed E-state index contributed by atoms with van der Waals surface area (Å²) in [5.41, 5.74) is 2.98. The summed E-state index contributed by atoms with van der Waals surface area (Å²) in [4.78, 5) is 22.8. The molecule has 7 heteroatoms. The average Bonchev–Trinajstić information content (AvgIpc) is 2.75. The Morgan fingerprint density at radius 2 is 1.66 bits per heavy atom. The highest BCUT2D eigenvalue weighted by molar-refractivity contribution is 7.80. The van der Waals surface area contributed by atoms with Crippen LogP contribution in [0.25, 0.3) is 0 Å². The van der Waals surface area contributed by atoms with Gasteiger partial charge in [-0.3, -0.25) is 9.97 Å². The Hall–Kier alpha value is -3.32. The molecule has 3 aromatic rings. The van der Waals surface area contributed by atoms with Crippen LogP contribution in [0.5, 0.6) is 0 Å². The van der Waals surface area contributed by atoms with Crippen LogP contribution < -0.4 is 5.32 Å². The van der Waals surface area contributed by atoms with Gasteiger partial charge < -0.3 is 15.0 Å². The van der Waals surface area contributed by atoms with Gasteiger partial charge >= 0.3 is 5.97 Å². The van der Waals surface area contributed by atoms with Crippen LogP contribution in [0.4, 0.5) is 5.69 Å². The van der Waals surface area contributed by atoms with E-state index in [0.29, 0.717) is 36.1 Å². The van der Waals surface area contributed by atoms with Gasteiger partial charge in [-0.25, -0.2) is 4.79 Å².